The van der Waals surface area contributed by atoms with Crippen LogP contribution < -0.4 is 0 Å². The van der Waals surface area contributed by atoms with Gasteiger partial charge in [0.15, 0.2) is 0 Å². The van der Waals surface area contributed by atoms with E-state index in [2.05, 4.69) is 0 Å². The van der Waals surface area contributed by atoms with Gasteiger partial charge < -0.3 is 20.4 Å². The van der Waals surface area contributed by atoms with Crippen LogP contribution in [-0.2, 0) is 26.7 Å². The van der Waals surface area contributed by atoms with E-state index in [0.717, 1.165) is 0 Å². The van der Waals surface area contributed by atoms with Crippen LogP contribution in [-0.4, -0.2) is 95.7 Å². The monoisotopic (exact) mass is 329 g/mol. The number of carbonyl (C=O) groups is 2. The van der Waals surface area contributed by atoms with Crippen molar-refractivity contribution in [3.8, 4) is 0 Å². The van der Waals surface area contributed by atoms with Crippen LogP contribution in [0, 0.1) is 0 Å². The number of hydrogen-bond donors (Lipinski definition) is 4. The molecule has 0 amide bonds. The molecule has 0 saturated carbocycles. The van der Waals surface area contributed by atoms with Gasteiger partial charge in [0, 0.05) is 30.2 Å². The van der Waals surface area contributed by atoms with Crippen molar-refractivity contribution in [2.24, 2.45) is 0 Å². The van der Waals surface area contributed by atoms with Crippen LogP contribution in [0.4, 0.5) is 0 Å². The second-order valence-electron chi connectivity index (χ2n) is 3.71. The Labute approximate surface area is 123 Å². The molecule has 0 saturated heterocycles. The predicted octanol–water partition coefficient (Wildman–Crippen LogP) is -2.01. The molecule has 19 heavy (non-hydrogen) atoms. The third-order valence-corrected chi connectivity index (χ3v) is 1.77. The van der Waals surface area contributed by atoms with Gasteiger partial charge in [0.05, 0.1) is 26.3 Å². The van der Waals surface area contributed by atoms with Gasteiger partial charge in [0.25, 0.3) is 0 Å². The third-order valence-electron chi connectivity index (χ3n) is 1.77. The Bertz CT molecular complexity index is 218. The Morgan fingerprint density at radius 2 is 1.11 bits per heavy atom. The van der Waals surface area contributed by atoms with Crippen LogP contribution >= 0.6 is 0 Å². The van der Waals surface area contributed by atoms with Gasteiger partial charge in [-0.25, -0.2) is 0 Å². The van der Waals surface area contributed by atoms with Gasteiger partial charge in [0.2, 0.25) is 0 Å². The number of hydrogen-bond acceptors (Lipinski definition) is 6. The molecule has 9 heteroatoms. The van der Waals surface area contributed by atoms with Crippen LogP contribution in [0.2, 0.25) is 0 Å². The Hall–Kier alpha value is -0.701. The van der Waals surface area contributed by atoms with Crippen molar-refractivity contribution in [3.63, 3.8) is 0 Å². The molecule has 0 aromatic carbocycles. The number of nitrogens with zero attached hydrogens (tertiary/aromatic N) is 2. The minimum Gasteiger partial charge on any atom is -0.480 e. The molecule has 0 aliphatic heterocycles. The van der Waals surface area contributed by atoms with Crippen molar-refractivity contribution >= 4 is 11.9 Å². The summed E-state index contributed by atoms with van der Waals surface area (Å²) in [5, 5.41) is 33.0. The van der Waals surface area contributed by atoms with E-state index < -0.39 is 11.9 Å². The Morgan fingerprint density at radius 3 is 1.26 bits per heavy atom. The molecule has 8 nitrogen and oxygen atoms in total. The van der Waals surface area contributed by atoms with Gasteiger partial charge in [-0.05, 0) is 14.1 Å². The smallest absolute Gasteiger partial charge is 0.317 e. The Balaban J connectivity index is -0.000000256. The molecule has 0 rings (SSSR count). The van der Waals surface area contributed by atoms with E-state index in [9.17, 15) is 9.59 Å². The van der Waals surface area contributed by atoms with Crippen LogP contribution in [0.3, 0.4) is 0 Å². The number of rotatable bonds is 8. The third kappa shape index (κ3) is 22.9. The molecular weight excluding hydrogens is 308 g/mol. The fourth-order valence-corrected chi connectivity index (χ4v) is 0.961. The minimum absolute atomic E-state index is 0. The fourth-order valence-electron chi connectivity index (χ4n) is 0.961. The largest absolute Gasteiger partial charge is 0.480 e. The first-order valence-electron chi connectivity index (χ1n) is 5.35. The van der Waals surface area contributed by atoms with Gasteiger partial charge >= 0.3 is 11.9 Å². The number of carboxylic acid groups (broad SMARTS) is 2. The van der Waals surface area contributed by atoms with Crippen molar-refractivity contribution in [2.75, 3.05) is 53.5 Å². The molecule has 0 atom stereocenters. The zero-order valence-electron chi connectivity index (χ0n) is 11.0. The van der Waals surface area contributed by atoms with E-state index in [1.165, 1.54) is 9.80 Å². The summed E-state index contributed by atoms with van der Waals surface area (Å²) in [4.78, 5) is 23.0. The standard InChI is InChI=1S/2C5H11NO3.Cu/c2*1-6(2-3-7)4-5(8)9;/h2*7H,2-4H2,1H3,(H,8,9);. The van der Waals surface area contributed by atoms with Crippen LogP contribution in [0.25, 0.3) is 0 Å². The van der Waals surface area contributed by atoms with E-state index in [1.807, 2.05) is 0 Å². The van der Waals surface area contributed by atoms with E-state index in [0.29, 0.717) is 13.1 Å². The molecule has 0 bridgehead atoms. The first kappa shape index (κ1) is 23.4. The summed E-state index contributed by atoms with van der Waals surface area (Å²) in [5.74, 6) is -1.74. The van der Waals surface area contributed by atoms with E-state index in [1.54, 1.807) is 14.1 Å². The molecule has 0 aromatic heterocycles. The van der Waals surface area contributed by atoms with Gasteiger partial charge in [-0.3, -0.25) is 19.4 Å². The molecule has 0 spiro atoms. The molecule has 0 heterocycles. The minimum atomic E-state index is -0.869. The average Bonchev–Trinajstić information content (AvgIpc) is 2.16. The van der Waals surface area contributed by atoms with Crippen molar-refractivity contribution in [1.29, 1.82) is 0 Å². The maximum atomic E-state index is 9.96. The number of aliphatic hydroxyl groups excluding tert-OH is 2. The van der Waals surface area contributed by atoms with Crippen LogP contribution in [0.15, 0.2) is 0 Å². The second kappa shape index (κ2) is 15.4. The maximum Gasteiger partial charge on any atom is 0.317 e. The fraction of sp³-hybridized carbons (Fsp3) is 0.800. The van der Waals surface area contributed by atoms with Gasteiger partial charge in [-0.2, -0.15) is 0 Å². The number of likely N-dealkylation sites (N-methyl/N-ethyl adjacent to an activating group) is 2. The van der Waals surface area contributed by atoms with Crippen molar-refractivity contribution in [1.82, 2.24) is 9.80 Å². The Morgan fingerprint density at radius 1 is 0.842 bits per heavy atom. The molecule has 4 N–H and O–H groups in total. The predicted molar refractivity (Wildman–Crippen MR) is 64.4 cm³/mol. The zero-order chi connectivity index (χ0) is 14.6. The summed E-state index contributed by atoms with van der Waals surface area (Å²) in [7, 11) is 3.29. The summed E-state index contributed by atoms with van der Waals surface area (Å²) < 4.78 is 0. The molecule has 1 radical (unpaired) electrons. The molecule has 0 fully saturated rings. The topological polar surface area (TPSA) is 122 Å². The van der Waals surface area contributed by atoms with E-state index >= 15 is 0 Å². The van der Waals surface area contributed by atoms with Crippen LogP contribution in [0.5, 0.6) is 0 Å². The quantitative estimate of drug-likeness (QED) is 0.377. The zero-order valence-corrected chi connectivity index (χ0v) is 12.0. The van der Waals surface area contributed by atoms with Crippen molar-refractivity contribution in [2.45, 2.75) is 0 Å². The van der Waals surface area contributed by atoms with Crippen LogP contribution in [0.1, 0.15) is 0 Å². The van der Waals surface area contributed by atoms with Gasteiger partial charge in [0.1, 0.15) is 0 Å². The molecular formula is C10H22CuN2O6. The molecule has 0 aliphatic rings. The summed E-state index contributed by atoms with van der Waals surface area (Å²) in [5.41, 5.74) is 0. The second-order valence-corrected chi connectivity index (χ2v) is 3.71. The number of carboxylic acids is 2. The normalized spacial score (nSPS) is 9.58. The van der Waals surface area contributed by atoms with Gasteiger partial charge in [-0.1, -0.05) is 0 Å². The Kier molecular flexibility index (Phi) is 18.9. The number of aliphatic hydroxyl groups is 2. The van der Waals surface area contributed by atoms with Crippen molar-refractivity contribution in [3.05, 3.63) is 0 Å². The maximum absolute atomic E-state index is 9.96. The van der Waals surface area contributed by atoms with Crippen molar-refractivity contribution < 1.29 is 47.1 Å². The molecule has 0 aliphatic carbocycles. The molecule has 0 aromatic rings. The summed E-state index contributed by atoms with van der Waals surface area (Å²) in [6, 6.07) is 0. The molecule has 119 valence electrons. The number of aliphatic carboxylic acids is 2. The van der Waals surface area contributed by atoms with E-state index in [-0.39, 0.29) is 43.4 Å². The summed E-state index contributed by atoms with van der Waals surface area (Å²) in [6.45, 7) is 0.799. The molecule has 0 unspecified atom stereocenters. The van der Waals surface area contributed by atoms with E-state index in [4.69, 9.17) is 20.4 Å². The van der Waals surface area contributed by atoms with Gasteiger partial charge in [-0.15, -0.1) is 0 Å². The first-order valence-corrected chi connectivity index (χ1v) is 5.35. The summed E-state index contributed by atoms with van der Waals surface area (Å²) >= 11 is 0. The average molecular weight is 330 g/mol. The SMILES string of the molecule is CN(CCO)CC(=O)O.CN(CCO)CC(=O)O.[Cu]. The first-order chi connectivity index (χ1) is 8.33. The summed E-state index contributed by atoms with van der Waals surface area (Å²) in [6.07, 6.45) is 0.